The van der Waals surface area contributed by atoms with Gasteiger partial charge in [0.25, 0.3) is 0 Å². The van der Waals surface area contributed by atoms with E-state index in [9.17, 15) is 0 Å². The molecule has 0 rings (SSSR count). The van der Waals surface area contributed by atoms with Crippen LogP contribution in [-0.4, -0.2) is 21.3 Å². The van der Waals surface area contributed by atoms with Crippen molar-refractivity contribution in [2.24, 2.45) is 0 Å². The van der Waals surface area contributed by atoms with Gasteiger partial charge in [-0.3, -0.25) is 0 Å². The fourth-order valence-electron chi connectivity index (χ4n) is 0.224. The molecule has 10 heteroatoms. The SMILES string of the molecule is COP(OC)OC.[C-]#[O+].[C-]#[O+].[C-]#[O+].[C-]#[O+].[C-]#[O+].[W]. The molecule has 100 valence electrons. The molecule has 0 aliphatic carbocycles. The van der Waals surface area contributed by atoms with Crippen LogP contribution in [0.3, 0.4) is 0 Å². The summed E-state index contributed by atoms with van der Waals surface area (Å²) in [6.07, 6.45) is 0. The van der Waals surface area contributed by atoms with E-state index in [4.69, 9.17) is 23.3 Å². The van der Waals surface area contributed by atoms with E-state index >= 15 is 0 Å². The van der Waals surface area contributed by atoms with Crippen LogP contribution in [0.5, 0.6) is 0 Å². The van der Waals surface area contributed by atoms with Gasteiger partial charge in [-0.15, -0.1) is 0 Å². The molecular weight excluding hydrogens is 439 g/mol. The summed E-state index contributed by atoms with van der Waals surface area (Å²) >= 11 is 0. The molecule has 0 heterocycles. The molecule has 0 aliphatic heterocycles. The van der Waals surface area contributed by atoms with E-state index in [0.717, 1.165) is 0 Å². The van der Waals surface area contributed by atoms with Gasteiger partial charge in [0.15, 0.2) is 0 Å². The van der Waals surface area contributed by atoms with E-state index in [0.29, 0.717) is 0 Å². The van der Waals surface area contributed by atoms with Crippen LogP contribution in [0.25, 0.3) is 0 Å². The fourth-order valence-corrected chi connectivity index (χ4v) is 0.671. The van der Waals surface area contributed by atoms with Crippen molar-refractivity contribution in [1.82, 2.24) is 0 Å². The summed E-state index contributed by atoms with van der Waals surface area (Å²) in [6, 6.07) is 0. The van der Waals surface area contributed by atoms with E-state index in [1.54, 1.807) is 21.3 Å². The Morgan fingerprint density at radius 1 is 0.556 bits per heavy atom. The van der Waals surface area contributed by atoms with Crippen LogP contribution >= 0.6 is 8.60 Å². The van der Waals surface area contributed by atoms with Gasteiger partial charge < -0.3 is 13.6 Å². The van der Waals surface area contributed by atoms with Crippen LogP contribution in [0.15, 0.2) is 0 Å². The largest absolute Gasteiger partial charge is 0 e. The minimum Gasteiger partial charge on any atom is 0 e. The van der Waals surface area contributed by atoms with Gasteiger partial charge in [0.1, 0.15) is 0 Å². The Bertz CT molecular complexity index is 143. The van der Waals surface area contributed by atoms with Crippen LogP contribution in [0.2, 0.25) is 0 Å². The Kier molecular flexibility index (Phi) is 304. The summed E-state index contributed by atoms with van der Waals surface area (Å²) in [4.78, 5) is 0. The molecule has 0 aromatic carbocycles. The molecule has 0 unspecified atom stereocenters. The van der Waals surface area contributed by atoms with Crippen LogP contribution in [-0.2, 0) is 57.9 Å². The molecule has 0 radical (unpaired) electrons. The summed E-state index contributed by atoms with van der Waals surface area (Å²) in [6.45, 7) is 22.5. The van der Waals surface area contributed by atoms with Gasteiger partial charge in [-0.1, -0.05) is 0 Å². The first-order valence-electron chi connectivity index (χ1n) is 2.79. The third-order valence-electron chi connectivity index (χ3n) is 0.447. The van der Waals surface area contributed by atoms with Gasteiger partial charge in [0.05, 0.1) is 0 Å². The normalized spacial score (nSPS) is 4.56. The maximum atomic E-state index is 7.50. The molecule has 0 aliphatic rings. The smallest absolute Gasteiger partial charge is 0 e. The minimum atomic E-state index is -1.05. The average Bonchev–Trinajstić information content (AvgIpc) is 2.51. The zero-order valence-electron chi connectivity index (χ0n) is 9.62. The summed E-state index contributed by atoms with van der Waals surface area (Å²) in [7, 11) is 3.57. The minimum absolute atomic E-state index is 0. The molecule has 0 bridgehead atoms. The predicted molar refractivity (Wildman–Crippen MR) is 47.6 cm³/mol. The number of hydrogen-bond donors (Lipinski definition) is 0. The zero-order valence-corrected chi connectivity index (χ0v) is 13.4. The van der Waals surface area contributed by atoms with E-state index in [2.05, 4.69) is 46.8 Å². The molecule has 0 fully saturated rings. The fraction of sp³-hybridized carbons (Fsp3) is 0.375. The summed E-state index contributed by atoms with van der Waals surface area (Å²) < 4.78 is 51.5. The van der Waals surface area contributed by atoms with Gasteiger partial charge in [-0.05, 0) is 0 Å². The molecule has 0 saturated heterocycles. The molecule has 0 amide bonds. The van der Waals surface area contributed by atoms with Gasteiger partial charge >= 0.3 is 65.1 Å². The van der Waals surface area contributed by atoms with Crippen molar-refractivity contribution in [2.75, 3.05) is 21.3 Å². The first kappa shape index (κ1) is 43.1. The maximum Gasteiger partial charge on any atom is 0 e. The van der Waals surface area contributed by atoms with Crippen LogP contribution < -0.4 is 0 Å². The van der Waals surface area contributed by atoms with Crippen LogP contribution in [0, 0.1) is 33.3 Å². The molecule has 0 aromatic rings. The van der Waals surface area contributed by atoms with E-state index in [-0.39, 0.29) is 21.1 Å². The van der Waals surface area contributed by atoms with Crippen molar-refractivity contribution in [1.29, 1.82) is 0 Å². The van der Waals surface area contributed by atoms with Gasteiger partial charge in [0, 0.05) is 42.4 Å². The van der Waals surface area contributed by atoms with Gasteiger partial charge in [-0.2, -0.15) is 0 Å². The Morgan fingerprint density at radius 3 is 0.667 bits per heavy atom. The molecule has 0 atom stereocenters. The van der Waals surface area contributed by atoms with Gasteiger partial charge in [0.2, 0.25) is 0 Å². The second-order valence-corrected chi connectivity index (χ2v) is 2.31. The maximum absolute atomic E-state index is 7.50. The third kappa shape index (κ3) is 104. The van der Waals surface area contributed by atoms with Crippen molar-refractivity contribution in [3.8, 4) is 0 Å². The quantitative estimate of drug-likeness (QED) is 0.363. The summed E-state index contributed by atoms with van der Waals surface area (Å²) in [5, 5.41) is 0. The number of rotatable bonds is 3. The Hall–Kier alpha value is -0.302. The third-order valence-corrected chi connectivity index (χ3v) is 1.34. The van der Waals surface area contributed by atoms with Crippen molar-refractivity contribution < 1.29 is 57.9 Å². The van der Waals surface area contributed by atoms with Crippen molar-refractivity contribution >= 4 is 8.60 Å². The Balaban J connectivity index is -0.0000000189. The number of hydrogen-bond acceptors (Lipinski definition) is 3. The van der Waals surface area contributed by atoms with Crippen molar-refractivity contribution in [3.05, 3.63) is 33.3 Å². The molecule has 18 heavy (non-hydrogen) atoms. The molecule has 8 nitrogen and oxygen atoms in total. The topological polar surface area (TPSA) is 127 Å². The predicted octanol–water partition coefficient (Wildman–Crippen LogP) is 0.962. The first-order valence-corrected chi connectivity index (χ1v) is 3.89. The standard InChI is InChI=1S/C3H9O3P.5CO.W/c1-4-7(5-2)6-3;5*1-2;/h1-3H3;;;;;;. The summed E-state index contributed by atoms with van der Waals surface area (Å²) in [5.74, 6) is 0. The van der Waals surface area contributed by atoms with E-state index in [1.807, 2.05) is 0 Å². The monoisotopic (exact) mass is 448 g/mol. The molecule has 0 saturated carbocycles. The second-order valence-electron chi connectivity index (χ2n) is 0.771. The summed E-state index contributed by atoms with van der Waals surface area (Å²) in [5.41, 5.74) is 0. The molecule has 0 N–H and O–H groups in total. The van der Waals surface area contributed by atoms with Crippen molar-refractivity contribution in [3.63, 3.8) is 0 Å². The van der Waals surface area contributed by atoms with Crippen LogP contribution in [0.1, 0.15) is 0 Å². The molecular formula is C8H9O8PW. The Morgan fingerprint density at radius 2 is 0.667 bits per heavy atom. The van der Waals surface area contributed by atoms with Gasteiger partial charge in [-0.25, -0.2) is 0 Å². The van der Waals surface area contributed by atoms with Crippen LogP contribution in [0.4, 0.5) is 0 Å². The molecule has 0 aromatic heterocycles. The van der Waals surface area contributed by atoms with E-state index < -0.39 is 8.60 Å². The van der Waals surface area contributed by atoms with E-state index in [1.165, 1.54) is 0 Å². The second kappa shape index (κ2) is 127. The average molecular weight is 448 g/mol. The zero-order chi connectivity index (χ0) is 15.7. The first-order chi connectivity index (χ1) is 8.35. The Labute approximate surface area is 121 Å². The molecule has 0 spiro atoms. The van der Waals surface area contributed by atoms with Crippen molar-refractivity contribution in [2.45, 2.75) is 0 Å².